The lowest BCUT2D eigenvalue weighted by atomic mass is 10.1. The van der Waals surface area contributed by atoms with Gasteiger partial charge in [0.05, 0.1) is 7.11 Å². The van der Waals surface area contributed by atoms with Gasteiger partial charge in [-0.3, -0.25) is 0 Å². The van der Waals surface area contributed by atoms with Crippen LogP contribution in [0.3, 0.4) is 0 Å². The average molecular weight is 328 g/mol. The molecule has 0 spiro atoms. The van der Waals surface area contributed by atoms with Crippen LogP contribution in [0.2, 0.25) is 5.02 Å². The third kappa shape index (κ3) is 4.81. The number of benzene rings is 2. The highest BCUT2D eigenvalue weighted by Gasteiger charge is 2.12. The molecule has 0 fully saturated rings. The highest BCUT2D eigenvalue weighted by molar-refractivity contribution is 6.30. The average Bonchev–Trinajstić information content (AvgIpc) is 2.47. The second kappa shape index (κ2) is 8.78. The van der Waals surface area contributed by atoms with E-state index in [1.807, 2.05) is 43.4 Å². The molecule has 0 aliphatic rings. The number of ether oxygens (including phenoxy) is 2. The van der Waals surface area contributed by atoms with Crippen molar-refractivity contribution in [3.63, 3.8) is 0 Å². The van der Waals surface area contributed by atoms with Gasteiger partial charge in [0.25, 0.3) is 0 Å². The maximum Gasteiger partial charge on any atom is 0.166 e. The third-order valence-corrected chi connectivity index (χ3v) is 3.13. The van der Waals surface area contributed by atoms with Gasteiger partial charge in [0.1, 0.15) is 6.61 Å². The number of hydrogen-bond acceptors (Lipinski definition) is 3. The Labute approximate surface area is 136 Å². The van der Waals surface area contributed by atoms with Gasteiger partial charge in [-0.2, -0.15) is 0 Å². The van der Waals surface area contributed by atoms with Crippen molar-refractivity contribution in [3.8, 4) is 11.5 Å². The van der Waals surface area contributed by atoms with Crippen LogP contribution in [-0.2, 0) is 13.2 Å². The molecule has 0 saturated carbocycles. The molecule has 0 aromatic heterocycles. The summed E-state index contributed by atoms with van der Waals surface area (Å²) < 4.78 is 11.3. The molecule has 0 atom stereocenters. The predicted molar refractivity (Wildman–Crippen MR) is 88.8 cm³/mol. The maximum atomic E-state index is 6.09. The Morgan fingerprint density at radius 3 is 2.48 bits per heavy atom. The van der Waals surface area contributed by atoms with Gasteiger partial charge in [-0.15, -0.1) is 12.4 Å². The minimum absolute atomic E-state index is 0. The zero-order valence-corrected chi connectivity index (χ0v) is 13.6. The number of halogens is 2. The van der Waals surface area contributed by atoms with Gasteiger partial charge in [-0.25, -0.2) is 0 Å². The van der Waals surface area contributed by atoms with Crippen molar-refractivity contribution in [2.24, 2.45) is 0 Å². The molecule has 1 N–H and O–H groups in total. The van der Waals surface area contributed by atoms with Crippen molar-refractivity contribution in [1.82, 2.24) is 5.32 Å². The zero-order chi connectivity index (χ0) is 14.4. The molecule has 0 amide bonds. The molecule has 114 valence electrons. The van der Waals surface area contributed by atoms with E-state index in [2.05, 4.69) is 5.32 Å². The molecule has 21 heavy (non-hydrogen) atoms. The summed E-state index contributed by atoms with van der Waals surface area (Å²) in [5.41, 5.74) is 2.09. The van der Waals surface area contributed by atoms with E-state index in [1.54, 1.807) is 13.2 Å². The fourth-order valence-corrected chi connectivity index (χ4v) is 2.22. The number of nitrogens with one attached hydrogen (secondary N) is 1. The fraction of sp³-hybridized carbons (Fsp3) is 0.250. The van der Waals surface area contributed by atoms with Crippen LogP contribution in [0.1, 0.15) is 11.1 Å². The molecular formula is C16H19Cl2NO2. The second-order valence-corrected chi connectivity index (χ2v) is 4.84. The molecule has 2 aromatic rings. The largest absolute Gasteiger partial charge is 0.493 e. The molecule has 5 heteroatoms. The summed E-state index contributed by atoms with van der Waals surface area (Å²) in [6.45, 7) is 1.16. The Balaban J connectivity index is 0.00000220. The summed E-state index contributed by atoms with van der Waals surface area (Å²) in [5, 5.41) is 3.75. The van der Waals surface area contributed by atoms with E-state index in [1.165, 1.54) is 0 Å². The van der Waals surface area contributed by atoms with Crippen LogP contribution in [0.25, 0.3) is 0 Å². The lowest BCUT2D eigenvalue weighted by Gasteiger charge is -2.15. The number of rotatable bonds is 6. The Kier molecular flexibility index (Phi) is 7.37. The summed E-state index contributed by atoms with van der Waals surface area (Å²) in [5.74, 6) is 1.38. The van der Waals surface area contributed by atoms with E-state index < -0.39 is 0 Å². The van der Waals surface area contributed by atoms with Crippen molar-refractivity contribution in [3.05, 3.63) is 58.6 Å². The van der Waals surface area contributed by atoms with Gasteiger partial charge in [-0.05, 0) is 18.7 Å². The van der Waals surface area contributed by atoms with E-state index in [-0.39, 0.29) is 12.4 Å². The van der Waals surface area contributed by atoms with Crippen LogP contribution in [0, 0.1) is 0 Å². The molecule has 3 nitrogen and oxygen atoms in total. The SMILES string of the molecule is CNCc1cc(Cl)cc(OC)c1OCc1ccccc1.Cl. The van der Waals surface area contributed by atoms with Crippen LogP contribution < -0.4 is 14.8 Å². The van der Waals surface area contributed by atoms with Gasteiger partial charge >= 0.3 is 0 Å². The first-order valence-electron chi connectivity index (χ1n) is 6.42. The van der Waals surface area contributed by atoms with Crippen LogP contribution in [0.5, 0.6) is 11.5 Å². The lowest BCUT2D eigenvalue weighted by molar-refractivity contribution is 0.281. The summed E-state index contributed by atoms with van der Waals surface area (Å²) in [6, 6.07) is 13.7. The van der Waals surface area contributed by atoms with Crippen molar-refractivity contribution in [2.45, 2.75) is 13.2 Å². The minimum Gasteiger partial charge on any atom is -0.493 e. The van der Waals surface area contributed by atoms with E-state index in [0.29, 0.717) is 23.9 Å². The fourth-order valence-electron chi connectivity index (χ4n) is 1.99. The number of hydrogen-bond donors (Lipinski definition) is 1. The van der Waals surface area contributed by atoms with Gasteiger partial charge < -0.3 is 14.8 Å². The smallest absolute Gasteiger partial charge is 0.166 e. The molecule has 0 radical (unpaired) electrons. The van der Waals surface area contributed by atoms with E-state index in [0.717, 1.165) is 16.9 Å². The Morgan fingerprint density at radius 1 is 1.14 bits per heavy atom. The predicted octanol–water partition coefficient (Wildman–Crippen LogP) is 4.07. The summed E-state index contributed by atoms with van der Waals surface area (Å²) in [7, 11) is 3.50. The highest BCUT2D eigenvalue weighted by Crippen LogP contribution is 2.35. The molecule has 2 rings (SSSR count). The quantitative estimate of drug-likeness (QED) is 0.867. The van der Waals surface area contributed by atoms with Crippen LogP contribution in [0.15, 0.2) is 42.5 Å². The zero-order valence-electron chi connectivity index (χ0n) is 12.1. The van der Waals surface area contributed by atoms with E-state index in [9.17, 15) is 0 Å². The summed E-state index contributed by atoms with van der Waals surface area (Å²) >= 11 is 6.09. The monoisotopic (exact) mass is 327 g/mol. The van der Waals surface area contributed by atoms with Crippen molar-refractivity contribution < 1.29 is 9.47 Å². The lowest BCUT2D eigenvalue weighted by Crippen LogP contribution is -2.08. The van der Waals surface area contributed by atoms with Crippen LogP contribution in [0.4, 0.5) is 0 Å². The molecule has 0 saturated heterocycles. The minimum atomic E-state index is 0. The van der Waals surface area contributed by atoms with Gasteiger partial charge in [0, 0.05) is 23.2 Å². The van der Waals surface area contributed by atoms with Gasteiger partial charge in [0.15, 0.2) is 11.5 Å². The summed E-state index contributed by atoms with van der Waals surface area (Å²) in [6.07, 6.45) is 0. The molecule has 0 bridgehead atoms. The molecular weight excluding hydrogens is 309 g/mol. The highest BCUT2D eigenvalue weighted by atomic mass is 35.5. The normalized spacial score (nSPS) is 9.86. The molecule has 0 unspecified atom stereocenters. The van der Waals surface area contributed by atoms with E-state index in [4.69, 9.17) is 21.1 Å². The maximum absolute atomic E-state index is 6.09. The third-order valence-electron chi connectivity index (χ3n) is 2.91. The molecule has 0 aliphatic heterocycles. The standard InChI is InChI=1S/C16H18ClNO2.ClH/c1-18-10-13-8-14(17)9-15(19-2)16(13)20-11-12-6-4-3-5-7-12;/h3-9,18H,10-11H2,1-2H3;1H. The van der Waals surface area contributed by atoms with Crippen LogP contribution in [-0.4, -0.2) is 14.2 Å². The van der Waals surface area contributed by atoms with Crippen molar-refractivity contribution >= 4 is 24.0 Å². The topological polar surface area (TPSA) is 30.5 Å². The molecule has 0 aliphatic carbocycles. The second-order valence-electron chi connectivity index (χ2n) is 4.40. The van der Waals surface area contributed by atoms with Crippen molar-refractivity contribution in [2.75, 3.05) is 14.2 Å². The summed E-state index contributed by atoms with van der Waals surface area (Å²) in [4.78, 5) is 0. The Hall–Kier alpha value is -1.42. The van der Waals surface area contributed by atoms with Gasteiger partial charge in [-0.1, -0.05) is 41.9 Å². The number of methoxy groups -OCH3 is 1. The Bertz CT molecular complexity index is 562. The Morgan fingerprint density at radius 2 is 1.86 bits per heavy atom. The van der Waals surface area contributed by atoms with Crippen molar-refractivity contribution in [1.29, 1.82) is 0 Å². The first-order valence-corrected chi connectivity index (χ1v) is 6.80. The van der Waals surface area contributed by atoms with E-state index >= 15 is 0 Å². The first-order chi connectivity index (χ1) is 9.74. The van der Waals surface area contributed by atoms with Crippen LogP contribution >= 0.6 is 24.0 Å². The van der Waals surface area contributed by atoms with Gasteiger partial charge in [0.2, 0.25) is 0 Å². The first kappa shape index (κ1) is 17.6. The molecule has 2 aromatic carbocycles. The molecule has 0 heterocycles.